The molecule has 1 saturated heterocycles. The first-order chi connectivity index (χ1) is 13.5. The van der Waals surface area contributed by atoms with Crippen LogP contribution in [0, 0.1) is 29.0 Å². The van der Waals surface area contributed by atoms with Gasteiger partial charge in [0.25, 0.3) is 0 Å². The Kier molecular flexibility index (Phi) is 4.35. The number of Topliss-reactive ketones (excluding diaryl/α,β-unsaturated/α-hetero) is 1. The van der Waals surface area contributed by atoms with Gasteiger partial charge in [0.05, 0.1) is 11.0 Å². The molecule has 1 aliphatic heterocycles. The Morgan fingerprint density at radius 2 is 1.79 bits per heavy atom. The molecule has 2 aromatic rings. The Balaban J connectivity index is 1.92. The van der Waals surface area contributed by atoms with Crippen LogP contribution in [0.4, 0.5) is 10.1 Å². The molecule has 0 unspecified atom stereocenters. The van der Waals surface area contributed by atoms with Crippen molar-refractivity contribution in [2.45, 2.75) is 18.8 Å². The van der Waals surface area contributed by atoms with Crippen molar-refractivity contribution in [2.75, 3.05) is 11.4 Å². The second-order valence-electron chi connectivity index (χ2n) is 7.39. The second kappa shape index (κ2) is 6.72. The number of carbonyl (C=O) groups excluding carboxylic acids is 2. The van der Waals surface area contributed by atoms with Crippen molar-refractivity contribution in [1.29, 1.82) is 5.26 Å². The van der Waals surface area contributed by atoms with Crippen molar-refractivity contribution in [3.63, 3.8) is 0 Å². The quantitative estimate of drug-likeness (QED) is 0.804. The number of piperidine rings is 1. The first kappa shape index (κ1) is 18.1. The summed E-state index contributed by atoms with van der Waals surface area (Å²) < 4.78 is 13.4. The molecule has 1 fully saturated rings. The molecule has 0 spiro atoms. The number of fused-ring (bicyclic) bond motifs is 1. The summed E-state index contributed by atoms with van der Waals surface area (Å²) in [5, 5.41) is 9.52. The van der Waals surface area contributed by atoms with Gasteiger partial charge < -0.3 is 4.90 Å². The normalized spacial score (nSPS) is 27.0. The van der Waals surface area contributed by atoms with E-state index in [2.05, 4.69) is 0 Å². The Morgan fingerprint density at radius 1 is 1.11 bits per heavy atom. The van der Waals surface area contributed by atoms with Crippen molar-refractivity contribution >= 4 is 17.4 Å². The Labute approximate surface area is 162 Å². The predicted octanol–water partition coefficient (Wildman–Crippen LogP) is 3.79. The van der Waals surface area contributed by atoms with Gasteiger partial charge in [-0.3, -0.25) is 9.59 Å². The topological polar surface area (TPSA) is 61.2 Å². The molecule has 1 amide bonds. The SMILES string of the molecule is C[C@@H]1C(=O)C(C#N)=C[C@]2(c3ccccc3)C(=O)N(c3ccc(F)cc3)CC[C@@H]12. The van der Waals surface area contributed by atoms with Gasteiger partial charge in [-0.05, 0) is 48.2 Å². The van der Waals surface area contributed by atoms with Gasteiger partial charge in [0, 0.05) is 18.2 Å². The molecule has 2 aromatic carbocycles. The maximum absolute atomic E-state index is 13.8. The van der Waals surface area contributed by atoms with Gasteiger partial charge in [-0.1, -0.05) is 37.3 Å². The number of halogens is 1. The third-order valence-corrected chi connectivity index (χ3v) is 6.01. The molecule has 1 heterocycles. The van der Waals surface area contributed by atoms with Crippen LogP contribution < -0.4 is 4.90 Å². The Hall–Kier alpha value is -3.26. The second-order valence-corrected chi connectivity index (χ2v) is 7.39. The molecule has 0 saturated carbocycles. The number of anilines is 1. The number of amides is 1. The monoisotopic (exact) mass is 374 g/mol. The molecule has 4 rings (SSSR count). The molecule has 0 N–H and O–H groups in total. The smallest absolute Gasteiger partial charge is 0.241 e. The summed E-state index contributed by atoms with van der Waals surface area (Å²) in [5.41, 5.74) is 0.314. The van der Waals surface area contributed by atoms with Gasteiger partial charge in [-0.15, -0.1) is 0 Å². The highest BCUT2D eigenvalue weighted by Gasteiger charge is 2.56. The van der Waals surface area contributed by atoms with E-state index in [1.165, 1.54) is 12.1 Å². The van der Waals surface area contributed by atoms with Crippen LogP contribution in [0.25, 0.3) is 0 Å². The average Bonchev–Trinajstić information content (AvgIpc) is 2.73. The summed E-state index contributed by atoms with van der Waals surface area (Å²) in [4.78, 5) is 28.1. The summed E-state index contributed by atoms with van der Waals surface area (Å²) in [6.45, 7) is 2.24. The minimum Gasteiger partial charge on any atom is -0.311 e. The number of benzene rings is 2. The van der Waals surface area contributed by atoms with Gasteiger partial charge in [-0.25, -0.2) is 4.39 Å². The van der Waals surface area contributed by atoms with E-state index in [9.17, 15) is 19.2 Å². The van der Waals surface area contributed by atoms with E-state index in [0.29, 0.717) is 18.7 Å². The zero-order valence-corrected chi connectivity index (χ0v) is 15.4. The molecular weight excluding hydrogens is 355 g/mol. The number of carbonyl (C=O) groups is 2. The van der Waals surface area contributed by atoms with Gasteiger partial charge in [0.1, 0.15) is 11.9 Å². The average molecular weight is 374 g/mol. The molecule has 0 radical (unpaired) electrons. The molecule has 3 atom stereocenters. The molecule has 140 valence electrons. The zero-order chi connectivity index (χ0) is 19.9. The molecule has 4 nitrogen and oxygen atoms in total. The zero-order valence-electron chi connectivity index (χ0n) is 15.4. The van der Waals surface area contributed by atoms with E-state index in [1.54, 1.807) is 30.0 Å². The lowest BCUT2D eigenvalue weighted by molar-refractivity contribution is -0.130. The molecule has 0 bridgehead atoms. The van der Waals surface area contributed by atoms with Crippen molar-refractivity contribution in [1.82, 2.24) is 0 Å². The van der Waals surface area contributed by atoms with Crippen LogP contribution in [0.5, 0.6) is 0 Å². The van der Waals surface area contributed by atoms with E-state index in [4.69, 9.17) is 0 Å². The summed E-state index contributed by atoms with van der Waals surface area (Å²) in [5.74, 6) is -1.42. The van der Waals surface area contributed by atoms with Crippen molar-refractivity contribution in [2.24, 2.45) is 11.8 Å². The maximum atomic E-state index is 13.8. The molecule has 28 heavy (non-hydrogen) atoms. The fourth-order valence-corrected chi connectivity index (χ4v) is 4.61. The van der Waals surface area contributed by atoms with Crippen LogP contribution in [0.3, 0.4) is 0 Å². The van der Waals surface area contributed by atoms with Crippen molar-refractivity contribution in [3.8, 4) is 6.07 Å². The van der Waals surface area contributed by atoms with E-state index in [0.717, 1.165) is 5.56 Å². The number of rotatable bonds is 2. The third kappa shape index (κ3) is 2.56. The van der Waals surface area contributed by atoms with Crippen LogP contribution in [0.2, 0.25) is 0 Å². The van der Waals surface area contributed by atoms with Crippen molar-refractivity contribution in [3.05, 3.63) is 77.6 Å². The third-order valence-electron chi connectivity index (χ3n) is 6.01. The number of nitriles is 1. The molecule has 0 aromatic heterocycles. The maximum Gasteiger partial charge on any atom is 0.241 e. The lowest BCUT2D eigenvalue weighted by atomic mass is 9.57. The predicted molar refractivity (Wildman–Crippen MR) is 103 cm³/mol. The van der Waals surface area contributed by atoms with Crippen LogP contribution >= 0.6 is 0 Å². The van der Waals surface area contributed by atoms with Crippen LogP contribution in [0.15, 0.2) is 66.2 Å². The highest BCUT2D eigenvalue weighted by Crippen LogP contribution is 2.49. The standard InChI is InChI=1S/C23H19FN2O2/c1-15-20-11-12-26(19-9-7-18(24)8-10-19)22(28)23(20,13-16(14-25)21(15)27)17-5-3-2-4-6-17/h2-10,13,15,20H,11-12H2,1H3/t15-,20-,23+/m0/s1. The minimum atomic E-state index is -1.09. The summed E-state index contributed by atoms with van der Waals surface area (Å²) in [6, 6.07) is 17.1. The fraction of sp³-hybridized carbons (Fsp3) is 0.261. The number of ketones is 1. The number of nitrogens with zero attached hydrogens (tertiary/aromatic N) is 2. The Morgan fingerprint density at radius 3 is 2.43 bits per heavy atom. The summed E-state index contributed by atoms with van der Waals surface area (Å²) in [7, 11) is 0. The first-order valence-electron chi connectivity index (χ1n) is 9.29. The van der Waals surface area contributed by atoms with Crippen LogP contribution in [0.1, 0.15) is 18.9 Å². The minimum absolute atomic E-state index is 0.0295. The highest BCUT2D eigenvalue weighted by molar-refractivity contribution is 6.10. The fourth-order valence-electron chi connectivity index (χ4n) is 4.61. The molecular formula is C23H19FN2O2. The molecule has 5 heteroatoms. The number of hydrogen-bond donors (Lipinski definition) is 0. The van der Waals surface area contributed by atoms with Crippen LogP contribution in [-0.2, 0) is 15.0 Å². The summed E-state index contributed by atoms with van der Waals surface area (Å²) in [6.07, 6.45) is 2.17. The van der Waals surface area contributed by atoms with E-state index >= 15 is 0 Å². The van der Waals surface area contributed by atoms with Gasteiger partial charge in [0.15, 0.2) is 5.78 Å². The van der Waals surface area contributed by atoms with Crippen LogP contribution in [-0.4, -0.2) is 18.2 Å². The number of allylic oxidation sites excluding steroid dienone is 1. The lowest BCUT2D eigenvalue weighted by Gasteiger charge is -2.49. The van der Waals surface area contributed by atoms with Gasteiger partial charge in [0.2, 0.25) is 5.91 Å². The Bertz CT molecular complexity index is 1010. The largest absolute Gasteiger partial charge is 0.311 e. The van der Waals surface area contributed by atoms with Gasteiger partial charge >= 0.3 is 0 Å². The first-order valence-corrected chi connectivity index (χ1v) is 9.29. The van der Waals surface area contributed by atoms with E-state index in [-0.39, 0.29) is 29.0 Å². The van der Waals surface area contributed by atoms with Gasteiger partial charge in [-0.2, -0.15) is 5.26 Å². The lowest BCUT2D eigenvalue weighted by Crippen LogP contribution is -2.59. The molecule has 1 aliphatic carbocycles. The highest BCUT2D eigenvalue weighted by atomic mass is 19.1. The van der Waals surface area contributed by atoms with E-state index < -0.39 is 11.3 Å². The number of hydrogen-bond acceptors (Lipinski definition) is 3. The molecule has 2 aliphatic rings. The van der Waals surface area contributed by atoms with Crippen molar-refractivity contribution < 1.29 is 14.0 Å². The summed E-state index contributed by atoms with van der Waals surface area (Å²) >= 11 is 0. The van der Waals surface area contributed by atoms with E-state index in [1.807, 2.05) is 36.4 Å².